The highest BCUT2D eigenvalue weighted by atomic mass is 35.5. The van der Waals surface area contributed by atoms with Crippen molar-refractivity contribution in [1.29, 1.82) is 0 Å². The van der Waals surface area contributed by atoms with E-state index >= 15 is 0 Å². The summed E-state index contributed by atoms with van der Waals surface area (Å²) < 4.78 is 9.46. The molecule has 0 saturated carbocycles. The van der Waals surface area contributed by atoms with Crippen LogP contribution in [0.2, 0.25) is 10.0 Å². The lowest BCUT2D eigenvalue weighted by Crippen LogP contribution is -2.40. The van der Waals surface area contributed by atoms with E-state index < -0.39 is 6.09 Å². The van der Waals surface area contributed by atoms with Crippen LogP contribution in [-0.4, -0.2) is 56.1 Å². The highest BCUT2D eigenvalue weighted by Gasteiger charge is 2.34. The molecule has 1 atom stereocenters. The molecule has 5 rings (SSSR count). The zero-order valence-corrected chi connectivity index (χ0v) is 19.5. The standard InChI is InChI=1S/C22H23Cl2N5O4/c1-2-27-6-7-28-19-17(14(26-22(31)32)9-13(23)18(19)24)16(20(28)21(27)30)12-10-25-29(11-12)15-5-3-4-8-33-15/h9-11,15,26H,2-8H2,1H3,(H,31,32). The van der Waals surface area contributed by atoms with E-state index in [4.69, 9.17) is 27.9 Å². The van der Waals surface area contributed by atoms with Crippen molar-refractivity contribution in [1.82, 2.24) is 19.2 Å². The van der Waals surface area contributed by atoms with Crippen molar-refractivity contribution >= 4 is 51.8 Å². The number of rotatable bonds is 4. The summed E-state index contributed by atoms with van der Waals surface area (Å²) >= 11 is 13.0. The van der Waals surface area contributed by atoms with Gasteiger partial charge in [0.2, 0.25) is 0 Å². The second kappa shape index (κ2) is 8.55. The number of halogens is 2. The normalized spacial score (nSPS) is 18.6. The molecule has 174 valence electrons. The number of fused-ring (bicyclic) bond motifs is 3. The van der Waals surface area contributed by atoms with Gasteiger partial charge < -0.3 is 19.3 Å². The summed E-state index contributed by atoms with van der Waals surface area (Å²) in [6.07, 6.45) is 5.04. The minimum absolute atomic E-state index is 0.148. The Morgan fingerprint density at radius 3 is 2.85 bits per heavy atom. The molecule has 2 aromatic heterocycles. The van der Waals surface area contributed by atoms with Gasteiger partial charge in [0.25, 0.3) is 5.91 Å². The van der Waals surface area contributed by atoms with E-state index in [1.165, 1.54) is 6.07 Å². The van der Waals surface area contributed by atoms with Crippen LogP contribution in [0.3, 0.4) is 0 Å². The van der Waals surface area contributed by atoms with E-state index in [1.807, 2.05) is 17.7 Å². The minimum Gasteiger partial charge on any atom is -0.465 e. The Labute approximate surface area is 199 Å². The number of nitrogens with one attached hydrogen (secondary N) is 1. The van der Waals surface area contributed by atoms with E-state index in [0.29, 0.717) is 54.0 Å². The first-order chi connectivity index (χ1) is 15.9. The van der Waals surface area contributed by atoms with Gasteiger partial charge in [0.15, 0.2) is 0 Å². The maximum absolute atomic E-state index is 13.5. The molecule has 1 saturated heterocycles. The number of carboxylic acid groups (broad SMARTS) is 1. The van der Waals surface area contributed by atoms with Crippen LogP contribution in [0.4, 0.5) is 10.5 Å². The summed E-state index contributed by atoms with van der Waals surface area (Å²) in [5.74, 6) is -0.148. The number of amides is 2. The molecule has 2 amide bonds. The topological polar surface area (TPSA) is 102 Å². The summed E-state index contributed by atoms with van der Waals surface area (Å²) in [6, 6.07) is 1.48. The maximum atomic E-state index is 13.5. The van der Waals surface area contributed by atoms with Crippen LogP contribution < -0.4 is 5.32 Å². The van der Waals surface area contributed by atoms with Gasteiger partial charge in [-0.3, -0.25) is 10.1 Å². The summed E-state index contributed by atoms with van der Waals surface area (Å²) in [5, 5.41) is 17.4. The summed E-state index contributed by atoms with van der Waals surface area (Å²) in [5.41, 5.74) is 2.50. The zero-order valence-electron chi connectivity index (χ0n) is 18.0. The molecule has 0 spiro atoms. The van der Waals surface area contributed by atoms with Crippen molar-refractivity contribution < 1.29 is 19.4 Å². The Morgan fingerprint density at radius 2 is 2.15 bits per heavy atom. The molecular formula is C22H23Cl2N5O4. The fraction of sp³-hybridized carbons (Fsp3) is 0.409. The monoisotopic (exact) mass is 491 g/mol. The van der Waals surface area contributed by atoms with E-state index in [2.05, 4.69) is 10.4 Å². The van der Waals surface area contributed by atoms with Crippen molar-refractivity contribution in [2.24, 2.45) is 0 Å². The Balaban J connectivity index is 1.79. The number of hydrogen-bond acceptors (Lipinski definition) is 4. The second-order valence-electron chi connectivity index (χ2n) is 8.16. The number of anilines is 1. The van der Waals surface area contributed by atoms with Gasteiger partial charge in [-0.2, -0.15) is 5.10 Å². The van der Waals surface area contributed by atoms with Gasteiger partial charge in [0, 0.05) is 49.0 Å². The van der Waals surface area contributed by atoms with Crippen molar-refractivity contribution in [2.45, 2.75) is 39.0 Å². The number of nitrogens with zero attached hydrogens (tertiary/aromatic N) is 4. The predicted octanol–water partition coefficient (Wildman–Crippen LogP) is 5.08. The number of carbonyl (C=O) groups is 2. The second-order valence-corrected chi connectivity index (χ2v) is 8.95. The molecule has 11 heteroatoms. The average Bonchev–Trinajstić information content (AvgIpc) is 3.41. The number of likely N-dealkylation sites (N-methyl/N-ethyl adjacent to an activating group) is 1. The average molecular weight is 492 g/mol. The number of ether oxygens (including phenoxy) is 1. The molecule has 9 nitrogen and oxygen atoms in total. The van der Waals surface area contributed by atoms with Crippen molar-refractivity contribution in [3.8, 4) is 11.1 Å². The lowest BCUT2D eigenvalue weighted by atomic mass is 10.0. The smallest absolute Gasteiger partial charge is 0.409 e. The van der Waals surface area contributed by atoms with Gasteiger partial charge in [0.05, 0.1) is 27.4 Å². The lowest BCUT2D eigenvalue weighted by Gasteiger charge is -2.28. The highest BCUT2D eigenvalue weighted by Crippen LogP contribution is 2.46. The van der Waals surface area contributed by atoms with Crippen LogP contribution in [0.1, 0.15) is 42.9 Å². The SMILES string of the molecule is CCN1CCn2c(c(-c3cnn(C4CCCCO4)c3)c3c(NC(=O)O)cc(Cl)c(Cl)c32)C1=O. The quantitative estimate of drug-likeness (QED) is 0.529. The van der Waals surface area contributed by atoms with E-state index in [0.717, 1.165) is 19.3 Å². The molecule has 1 fully saturated rings. The largest absolute Gasteiger partial charge is 0.465 e. The first kappa shape index (κ1) is 22.1. The van der Waals surface area contributed by atoms with Crippen LogP contribution in [-0.2, 0) is 11.3 Å². The van der Waals surface area contributed by atoms with Crippen molar-refractivity contribution in [2.75, 3.05) is 25.0 Å². The first-order valence-corrected chi connectivity index (χ1v) is 11.7. The highest BCUT2D eigenvalue weighted by molar-refractivity contribution is 6.46. The number of carbonyl (C=O) groups excluding carboxylic acids is 1. The van der Waals surface area contributed by atoms with E-state index in [9.17, 15) is 14.7 Å². The van der Waals surface area contributed by atoms with Crippen molar-refractivity contribution in [3.63, 3.8) is 0 Å². The predicted molar refractivity (Wildman–Crippen MR) is 125 cm³/mol. The van der Waals surface area contributed by atoms with Crippen LogP contribution in [0.15, 0.2) is 18.5 Å². The lowest BCUT2D eigenvalue weighted by molar-refractivity contribution is -0.0394. The molecule has 2 aliphatic rings. The molecule has 0 bridgehead atoms. The fourth-order valence-corrected chi connectivity index (χ4v) is 5.21. The molecule has 33 heavy (non-hydrogen) atoms. The van der Waals surface area contributed by atoms with E-state index in [1.54, 1.807) is 15.8 Å². The van der Waals surface area contributed by atoms with Gasteiger partial charge >= 0.3 is 6.09 Å². The maximum Gasteiger partial charge on any atom is 0.409 e. The number of benzene rings is 1. The molecule has 2 aliphatic heterocycles. The fourth-order valence-electron chi connectivity index (χ4n) is 4.76. The molecule has 4 heterocycles. The molecule has 1 unspecified atom stereocenters. The van der Waals surface area contributed by atoms with Gasteiger partial charge in [0.1, 0.15) is 11.9 Å². The Kier molecular flexibility index (Phi) is 5.72. The summed E-state index contributed by atoms with van der Waals surface area (Å²) in [6.45, 7) is 4.19. The molecule has 3 aromatic rings. The van der Waals surface area contributed by atoms with Gasteiger partial charge in [-0.15, -0.1) is 0 Å². The van der Waals surface area contributed by atoms with Crippen molar-refractivity contribution in [3.05, 3.63) is 34.2 Å². The molecular weight excluding hydrogens is 469 g/mol. The van der Waals surface area contributed by atoms with Gasteiger partial charge in [-0.05, 0) is 32.3 Å². The third-order valence-corrected chi connectivity index (χ3v) is 7.05. The van der Waals surface area contributed by atoms with Gasteiger partial charge in [-0.25, -0.2) is 9.48 Å². The van der Waals surface area contributed by atoms with Crippen LogP contribution in [0.5, 0.6) is 0 Å². The van der Waals surface area contributed by atoms with E-state index in [-0.39, 0.29) is 27.9 Å². The minimum atomic E-state index is -1.24. The Bertz CT molecular complexity index is 1260. The molecule has 2 N–H and O–H groups in total. The third kappa shape index (κ3) is 3.64. The third-order valence-electron chi connectivity index (χ3n) is 6.27. The molecule has 1 aromatic carbocycles. The Morgan fingerprint density at radius 1 is 1.33 bits per heavy atom. The van der Waals surface area contributed by atoms with Crippen LogP contribution in [0, 0.1) is 0 Å². The Hall–Kier alpha value is -2.75. The number of aromatic nitrogens is 3. The first-order valence-electron chi connectivity index (χ1n) is 10.9. The van der Waals surface area contributed by atoms with Crippen LogP contribution >= 0.6 is 23.2 Å². The molecule has 0 radical (unpaired) electrons. The summed E-state index contributed by atoms with van der Waals surface area (Å²) in [7, 11) is 0. The zero-order chi connectivity index (χ0) is 23.3. The number of hydrogen-bond donors (Lipinski definition) is 2. The summed E-state index contributed by atoms with van der Waals surface area (Å²) in [4.78, 5) is 26.8. The van der Waals surface area contributed by atoms with Gasteiger partial charge in [-0.1, -0.05) is 23.2 Å². The molecule has 0 aliphatic carbocycles. The van der Waals surface area contributed by atoms with Crippen LogP contribution in [0.25, 0.3) is 22.0 Å².